The Kier molecular flexibility index (Phi) is 6.30. The Morgan fingerprint density at radius 1 is 1.28 bits per heavy atom. The topological polar surface area (TPSA) is 76.0 Å². The van der Waals surface area contributed by atoms with Gasteiger partial charge in [0.1, 0.15) is 6.04 Å². The standard InChI is InChI=1S/C21H28N4O3S/c1-2-28-21(27)24-12-9-15(10-13-24)22-19(26)14-25-11-5-7-17(25)20-23-16-6-3-4-8-18(16)29-20/h3-4,6,8,15,17H,2,5,7,9-14H2,1H3,(H,22,26)/p+1/t17-/m1/s1. The number of thiazole rings is 1. The number of hydrogen-bond acceptors (Lipinski definition) is 5. The van der Waals surface area contributed by atoms with Crippen LogP contribution in [-0.4, -0.2) is 60.7 Å². The summed E-state index contributed by atoms with van der Waals surface area (Å²) in [5.74, 6) is 0.0996. The summed E-state index contributed by atoms with van der Waals surface area (Å²) in [6, 6.07) is 8.68. The van der Waals surface area contributed by atoms with E-state index in [9.17, 15) is 9.59 Å². The van der Waals surface area contributed by atoms with Crippen molar-refractivity contribution in [3.63, 3.8) is 0 Å². The molecule has 4 rings (SSSR count). The monoisotopic (exact) mass is 417 g/mol. The average molecular weight is 418 g/mol. The van der Waals surface area contributed by atoms with Gasteiger partial charge in [0.25, 0.3) is 5.91 Å². The minimum atomic E-state index is -0.252. The van der Waals surface area contributed by atoms with Gasteiger partial charge in [-0.15, -0.1) is 11.3 Å². The van der Waals surface area contributed by atoms with Gasteiger partial charge in [0, 0.05) is 32.0 Å². The molecule has 0 bridgehead atoms. The first-order chi connectivity index (χ1) is 14.1. The van der Waals surface area contributed by atoms with Gasteiger partial charge in [-0.1, -0.05) is 12.1 Å². The Balaban J connectivity index is 1.29. The number of piperidine rings is 1. The number of amides is 2. The molecule has 2 atom stereocenters. The lowest BCUT2D eigenvalue weighted by Crippen LogP contribution is -3.11. The van der Waals surface area contributed by atoms with Crippen LogP contribution in [0, 0.1) is 0 Å². The first-order valence-electron chi connectivity index (χ1n) is 10.5. The molecule has 1 aromatic heterocycles. The highest BCUT2D eigenvalue weighted by molar-refractivity contribution is 7.18. The third-order valence-electron chi connectivity index (χ3n) is 5.87. The second-order valence-corrected chi connectivity index (χ2v) is 8.89. The number of rotatable bonds is 5. The molecule has 1 unspecified atom stereocenters. The van der Waals surface area contributed by atoms with Crippen LogP contribution in [0.5, 0.6) is 0 Å². The molecule has 29 heavy (non-hydrogen) atoms. The van der Waals surface area contributed by atoms with Crippen LogP contribution >= 0.6 is 11.3 Å². The van der Waals surface area contributed by atoms with Crippen molar-refractivity contribution in [1.82, 2.24) is 15.2 Å². The van der Waals surface area contributed by atoms with Gasteiger partial charge in [-0.25, -0.2) is 9.78 Å². The van der Waals surface area contributed by atoms with E-state index in [4.69, 9.17) is 9.72 Å². The van der Waals surface area contributed by atoms with Crippen LogP contribution in [0.2, 0.25) is 0 Å². The van der Waals surface area contributed by atoms with Crippen LogP contribution < -0.4 is 10.2 Å². The van der Waals surface area contributed by atoms with Gasteiger partial charge in [0.15, 0.2) is 11.6 Å². The zero-order valence-corrected chi connectivity index (χ0v) is 17.7. The number of aromatic nitrogens is 1. The number of hydrogen-bond donors (Lipinski definition) is 2. The van der Waals surface area contributed by atoms with Crippen LogP contribution in [0.4, 0.5) is 4.79 Å². The van der Waals surface area contributed by atoms with Crippen LogP contribution in [-0.2, 0) is 9.53 Å². The first-order valence-corrected chi connectivity index (χ1v) is 11.4. The molecular formula is C21H29N4O3S+. The number of likely N-dealkylation sites (tertiary alicyclic amines) is 2. The Labute approximate surface area is 175 Å². The molecule has 3 heterocycles. The van der Waals surface area contributed by atoms with Crippen molar-refractivity contribution in [2.24, 2.45) is 0 Å². The quantitative estimate of drug-likeness (QED) is 0.777. The third kappa shape index (κ3) is 4.70. The normalized spacial score (nSPS) is 22.7. The molecule has 2 aliphatic heterocycles. The van der Waals surface area contributed by atoms with Crippen molar-refractivity contribution in [3.05, 3.63) is 29.3 Å². The number of nitrogens with one attached hydrogen (secondary N) is 2. The Bertz CT molecular complexity index is 829. The highest BCUT2D eigenvalue weighted by Gasteiger charge is 2.34. The maximum absolute atomic E-state index is 12.7. The second kappa shape index (κ2) is 9.09. The van der Waals surface area contributed by atoms with Crippen molar-refractivity contribution in [1.29, 1.82) is 0 Å². The molecule has 2 amide bonds. The van der Waals surface area contributed by atoms with E-state index in [0.29, 0.717) is 32.3 Å². The maximum Gasteiger partial charge on any atom is 0.409 e. The third-order valence-corrected chi connectivity index (χ3v) is 7.02. The summed E-state index contributed by atoms with van der Waals surface area (Å²) in [5, 5.41) is 4.33. The zero-order chi connectivity index (χ0) is 20.2. The SMILES string of the molecule is CCOC(=O)N1CCC(NC(=O)C[NH+]2CCC[C@@H]2c2nc3ccccc3s2)CC1. The van der Waals surface area contributed by atoms with Crippen molar-refractivity contribution >= 4 is 33.6 Å². The van der Waals surface area contributed by atoms with Gasteiger partial charge >= 0.3 is 6.09 Å². The first kappa shape index (κ1) is 20.1. The van der Waals surface area contributed by atoms with E-state index in [2.05, 4.69) is 17.4 Å². The minimum Gasteiger partial charge on any atom is -0.450 e. The molecule has 0 saturated carbocycles. The van der Waals surface area contributed by atoms with Gasteiger partial charge < -0.3 is 19.9 Å². The molecule has 0 spiro atoms. The molecule has 2 fully saturated rings. The molecule has 8 heteroatoms. The Morgan fingerprint density at radius 2 is 2.07 bits per heavy atom. The molecule has 2 saturated heterocycles. The number of nitrogens with zero attached hydrogens (tertiary/aromatic N) is 2. The number of carbonyl (C=O) groups excluding carboxylic acids is 2. The highest BCUT2D eigenvalue weighted by atomic mass is 32.1. The molecule has 0 radical (unpaired) electrons. The van der Waals surface area contributed by atoms with Crippen LogP contribution in [0.15, 0.2) is 24.3 Å². The van der Waals surface area contributed by atoms with Crippen molar-refractivity contribution in [2.45, 2.75) is 44.7 Å². The number of ether oxygens (including phenoxy) is 1. The van der Waals surface area contributed by atoms with Gasteiger partial charge in [0.05, 0.1) is 23.4 Å². The van der Waals surface area contributed by atoms with Crippen molar-refractivity contribution in [3.8, 4) is 0 Å². The maximum atomic E-state index is 12.7. The van der Waals surface area contributed by atoms with E-state index in [0.717, 1.165) is 42.8 Å². The van der Waals surface area contributed by atoms with E-state index in [1.54, 1.807) is 16.2 Å². The summed E-state index contributed by atoms with van der Waals surface area (Å²) in [6.07, 6.45) is 3.52. The zero-order valence-electron chi connectivity index (χ0n) is 16.9. The number of benzene rings is 1. The van der Waals surface area contributed by atoms with Gasteiger partial charge in [-0.05, 0) is 31.9 Å². The predicted octanol–water partition coefficient (Wildman–Crippen LogP) is 1.75. The molecule has 2 N–H and O–H groups in total. The van der Waals surface area contributed by atoms with Crippen molar-refractivity contribution < 1.29 is 19.2 Å². The minimum absolute atomic E-state index is 0.0996. The number of quaternary nitrogens is 1. The number of carbonyl (C=O) groups is 2. The molecule has 2 aliphatic rings. The fraction of sp³-hybridized carbons (Fsp3) is 0.571. The van der Waals surface area contributed by atoms with Crippen molar-refractivity contribution in [2.75, 3.05) is 32.8 Å². The Morgan fingerprint density at radius 3 is 2.83 bits per heavy atom. The van der Waals surface area contributed by atoms with E-state index >= 15 is 0 Å². The lowest BCUT2D eigenvalue weighted by atomic mass is 10.1. The second-order valence-electron chi connectivity index (χ2n) is 7.83. The van der Waals surface area contributed by atoms with Gasteiger partial charge in [0.2, 0.25) is 0 Å². The molecule has 7 nitrogen and oxygen atoms in total. The lowest BCUT2D eigenvalue weighted by Gasteiger charge is -2.31. The summed E-state index contributed by atoms with van der Waals surface area (Å²) < 4.78 is 6.27. The largest absolute Gasteiger partial charge is 0.450 e. The van der Waals surface area contributed by atoms with E-state index in [1.165, 1.54) is 9.60 Å². The van der Waals surface area contributed by atoms with E-state index < -0.39 is 0 Å². The molecule has 0 aliphatic carbocycles. The smallest absolute Gasteiger partial charge is 0.409 e. The van der Waals surface area contributed by atoms with Gasteiger partial charge in [-0.3, -0.25) is 4.79 Å². The van der Waals surface area contributed by atoms with E-state index in [-0.39, 0.29) is 18.0 Å². The predicted molar refractivity (Wildman–Crippen MR) is 112 cm³/mol. The van der Waals surface area contributed by atoms with E-state index in [1.807, 2.05) is 19.1 Å². The van der Waals surface area contributed by atoms with Crippen LogP contribution in [0.3, 0.4) is 0 Å². The summed E-state index contributed by atoms with van der Waals surface area (Å²) in [4.78, 5) is 32.3. The number of para-hydroxylation sites is 1. The molecule has 1 aromatic carbocycles. The summed E-state index contributed by atoms with van der Waals surface area (Å²) in [7, 11) is 0. The van der Waals surface area contributed by atoms with Gasteiger partial charge in [-0.2, -0.15) is 0 Å². The molecular weight excluding hydrogens is 388 g/mol. The van der Waals surface area contributed by atoms with Crippen LogP contribution in [0.25, 0.3) is 10.2 Å². The van der Waals surface area contributed by atoms with Crippen LogP contribution in [0.1, 0.15) is 43.7 Å². The fourth-order valence-electron chi connectivity index (χ4n) is 4.37. The number of fused-ring (bicyclic) bond motifs is 1. The summed E-state index contributed by atoms with van der Waals surface area (Å²) in [5.41, 5.74) is 1.05. The molecule has 156 valence electrons. The molecule has 2 aromatic rings. The lowest BCUT2D eigenvalue weighted by molar-refractivity contribution is -0.910. The average Bonchev–Trinajstić information content (AvgIpc) is 3.35. The summed E-state index contributed by atoms with van der Waals surface area (Å²) >= 11 is 1.75. The summed E-state index contributed by atoms with van der Waals surface area (Å²) in [6.45, 7) is 4.97. The highest BCUT2D eigenvalue weighted by Crippen LogP contribution is 2.28. The Hall–Kier alpha value is -2.19. The fourth-order valence-corrected chi connectivity index (χ4v) is 5.53.